The Hall–Kier alpha value is -2.54. The van der Waals surface area contributed by atoms with E-state index in [9.17, 15) is 4.79 Å². The fourth-order valence-corrected chi connectivity index (χ4v) is 3.98. The summed E-state index contributed by atoms with van der Waals surface area (Å²) in [5, 5.41) is 3.84. The Morgan fingerprint density at radius 1 is 1.04 bits per heavy atom. The lowest BCUT2D eigenvalue weighted by Gasteiger charge is -2.26. The first-order valence-electron chi connectivity index (χ1n) is 9.45. The smallest absolute Gasteiger partial charge is 0.263 e. The van der Waals surface area contributed by atoms with Crippen molar-refractivity contribution in [1.82, 2.24) is 15.2 Å². The van der Waals surface area contributed by atoms with Crippen molar-refractivity contribution in [2.24, 2.45) is 0 Å². The van der Waals surface area contributed by atoms with E-state index in [0.717, 1.165) is 49.0 Å². The highest BCUT2D eigenvalue weighted by Crippen LogP contribution is 2.24. The topological polar surface area (TPSA) is 54.5 Å². The van der Waals surface area contributed by atoms with Crippen molar-refractivity contribution < 1.29 is 9.53 Å². The van der Waals surface area contributed by atoms with Gasteiger partial charge in [0.25, 0.3) is 5.91 Å². The average molecular weight is 394 g/mol. The number of hydrogen-bond donors (Lipinski definition) is 1. The van der Waals surface area contributed by atoms with E-state index in [1.807, 2.05) is 30.3 Å². The molecule has 0 atom stereocenters. The van der Waals surface area contributed by atoms with Gasteiger partial charge in [0.2, 0.25) is 0 Å². The van der Waals surface area contributed by atoms with Gasteiger partial charge in [-0.3, -0.25) is 9.69 Å². The van der Waals surface area contributed by atoms with Crippen LogP contribution in [0.25, 0.3) is 10.6 Å². The third-order valence-corrected chi connectivity index (χ3v) is 5.78. The maximum Gasteiger partial charge on any atom is 0.263 e. The summed E-state index contributed by atoms with van der Waals surface area (Å²) in [5.41, 5.74) is 3.40. The lowest BCUT2D eigenvalue weighted by Crippen LogP contribution is -2.35. The van der Waals surface area contributed by atoms with Crippen molar-refractivity contribution in [2.75, 3.05) is 26.3 Å². The van der Waals surface area contributed by atoms with E-state index in [2.05, 4.69) is 39.5 Å². The number of amides is 1. The van der Waals surface area contributed by atoms with E-state index < -0.39 is 0 Å². The molecule has 0 radical (unpaired) electrons. The molecular formula is C22H23N3O2S. The van der Waals surface area contributed by atoms with Crippen LogP contribution in [0.4, 0.5) is 0 Å². The lowest BCUT2D eigenvalue weighted by atomic mass is 10.1. The van der Waals surface area contributed by atoms with Gasteiger partial charge in [0.1, 0.15) is 9.88 Å². The molecule has 1 fully saturated rings. The zero-order valence-corrected chi connectivity index (χ0v) is 16.5. The van der Waals surface area contributed by atoms with Crippen molar-refractivity contribution in [3.63, 3.8) is 0 Å². The van der Waals surface area contributed by atoms with Gasteiger partial charge in [-0.05, 0) is 11.1 Å². The van der Waals surface area contributed by atoms with Crippen LogP contribution in [-0.4, -0.2) is 42.1 Å². The summed E-state index contributed by atoms with van der Waals surface area (Å²) in [6, 6.07) is 18.3. The molecule has 1 saturated heterocycles. The second kappa shape index (κ2) is 9.10. The highest BCUT2D eigenvalue weighted by atomic mass is 32.1. The second-order valence-corrected chi connectivity index (χ2v) is 7.81. The molecule has 1 amide bonds. The maximum absolute atomic E-state index is 12.4. The van der Waals surface area contributed by atoms with Gasteiger partial charge in [0, 0.05) is 31.7 Å². The van der Waals surface area contributed by atoms with Crippen molar-refractivity contribution in [2.45, 2.75) is 13.1 Å². The van der Waals surface area contributed by atoms with E-state index in [0.29, 0.717) is 11.4 Å². The summed E-state index contributed by atoms with van der Waals surface area (Å²) in [4.78, 5) is 19.8. The first-order valence-corrected chi connectivity index (χ1v) is 10.3. The monoisotopic (exact) mass is 393 g/mol. The van der Waals surface area contributed by atoms with Crippen LogP contribution in [-0.2, 0) is 17.8 Å². The highest BCUT2D eigenvalue weighted by Gasteiger charge is 2.12. The SMILES string of the molecule is O=C(NCc1ccc(CN2CCOCC2)cc1)c1cnc(-c2ccccc2)s1. The van der Waals surface area contributed by atoms with E-state index in [1.54, 1.807) is 6.20 Å². The van der Waals surface area contributed by atoms with Crippen molar-refractivity contribution in [1.29, 1.82) is 0 Å². The molecule has 1 N–H and O–H groups in total. The Bertz CT molecular complexity index is 903. The molecule has 6 heteroatoms. The molecule has 2 aromatic carbocycles. The first kappa shape index (κ1) is 18.8. The maximum atomic E-state index is 12.4. The molecule has 2 heterocycles. The van der Waals surface area contributed by atoms with E-state index in [-0.39, 0.29) is 5.91 Å². The van der Waals surface area contributed by atoms with Crippen LogP contribution in [0.2, 0.25) is 0 Å². The van der Waals surface area contributed by atoms with Crippen LogP contribution in [0.1, 0.15) is 20.8 Å². The molecule has 28 heavy (non-hydrogen) atoms. The molecule has 5 nitrogen and oxygen atoms in total. The molecule has 0 spiro atoms. The number of hydrogen-bond acceptors (Lipinski definition) is 5. The summed E-state index contributed by atoms with van der Waals surface area (Å²) >= 11 is 1.41. The number of ether oxygens (including phenoxy) is 1. The molecule has 1 aliphatic rings. The number of aromatic nitrogens is 1. The number of thiazole rings is 1. The van der Waals surface area contributed by atoms with Crippen LogP contribution in [0.5, 0.6) is 0 Å². The van der Waals surface area contributed by atoms with Crippen molar-refractivity contribution in [3.8, 4) is 10.6 Å². The summed E-state index contributed by atoms with van der Waals surface area (Å²) in [6.07, 6.45) is 1.65. The summed E-state index contributed by atoms with van der Waals surface area (Å²) in [6.45, 7) is 5.05. The van der Waals surface area contributed by atoms with Gasteiger partial charge in [-0.15, -0.1) is 11.3 Å². The number of carbonyl (C=O) groups excluding carboxylic acids is 1. The fraction of sp³-hybridized carbons (Fsp3) is 0.273. The zero-order valence-electron chi connectivity index (χ0n) is 15.6. The van der Waals surface area contributed by atoms with Gasteiger partial charge in [0.05, 0.1) is 19.4 Å². The number of rotatable bonds is 6. The second-order valence-electron chi connectivity index (χ2n) is 6.78. The van der Waals surface area contributed by atoms with Gasteiger partial charge in [0.15, 0.2) is 0 Å². The molecule has 0 unspecified atom stereocenters. The normalized spacial score (nSPS) is 14.7. The van der Waals surface area contributed by atoms with E-state index in [1.165, 1.54) is 16.9 Å². The minimum atomic E-state index is -0.0860. The molecule has 144 valence electrons. The van der Waals surface area contributed by atoms with Crippen LogP contribution in [0, 0.1) is 0 Å². The van der Waals surface area contributed by atoms with Gasteiger partial charge >= 0.3 is 0 Å². The van der Waals surface area contributed by atoms with E-state index >= 15 is 0 Å². The molecule has 1 aliphatic heterocycles. The predicted molar refractivity (Wildman–Crippen MR) is 111 cm³/mol. The van der Waals surface area contributed by atoms with Gasteiger partial charge in [-0.25, -0.2) is 4.98 Å². The number of morpholine rings is 1. The Labute approximate surface area is 169 Å². The van der Waals surface area contributed by atoms with E-state index in [4.69, 9.17) is 4.74 Å². The molecule has 1 aromatic heterocycles. The Morgan fingerprint density at radius 2 is 1.75 bits per heavy atom. The number of benzene rings is 2. The van der Waals surface area contributed by atoms with Gasteiger partial charge in [-0.2, -0.15) is 0 Å². The number of nitrogens with one attached hydrogen (secondary N) is 1. The van der Waals surface area contributed by atoms with Gasteiger partial charge in [-0.1, -0.05) is 54.6 Å². The minimum absolute atomic E-state index is 0.0860. The molecular weight excluding hydrogens is 370 g/mol. The van der Waals surface area contributed by atoms with Crippen LogP contribution in [0.3, 0.4) is 0 Å². The summed E-state index contributed by atoms with van der Waals surface area (Å²) < 4.78 is 5.39. The first-order chi connectivity index (χ1) is 13.8. The minimum Gasteiger partial charge on any atom is -0.379 e. The molecule has 0 aliphatic carbocycles. The number of carbonyl (C=O) groups is 1. The Kier molecular flexibility index (Phi) is 6.11. The quantitative estimate of drug-likeness (QED) is 0.696. The Balaban J connectivity index is 1.30. The fourth-order valence-electron chi connectivity index (χ4n) is 3.14. The highest BCUT2D eigenvalue weighted by molar-refractivity contribution is 7.16. The third-order valence-electron chi connectivity index (χ3n) is 4.74. The number of nitrogens with zero attached hydrogens (tertiary/aromatic N) is 2. The lowest BCUT2D eigenvalue weighted by molar-refractivity contribution is 0.0342. The van der Waals surface area contributed by atoms with Crippen molar-refractivity contribution in [3.05, 3.63) is 76.8 Å². The molecule has 4 rings (SSSR count). The zero-order chi connectivity index (χ0) is 19.2. The largest absolute Gasteiger partial charge is 0.379 e. The Morgan fingerprint density at radius 3 is 2.50 bits per heavy atom. The molecule has 3 aromatic rings. The van der Waals surface area contributed by atoms with Crippen LogP contribution in [0.15, 0.2) is 60.8 Å². The average Bonchev–Trinajstić information content (AvgIpc) is 3.25. The summed E-state index contributed by atoms with van der Waals surface area (Å²) in [5.74, 6) is -0.0860. The third kappa shape index (κ3) is 4.84. The van der Waals surface area contributed by atoms with Gasteiger partial charge < -0.3 is 10.1 Å². The van der Waals surface area contributed by atoms with Crippen LogP contribution < -0.4 is 5.32 Å². The van der Waals surface area contributed by atoms with Crippen LogP contribution >= 0.6 is 11.3 Å². The van der Waals surface area contributed by atoms with Crippen molar-refractivity contribution >= 4 is 17.2 Å². The molecule has 0 saturated carbocycles. The predicted octanol–water partition coefficient (Wildman–Crippen LogP) is 3.57. The standard InChI is InChI=1S/C22H23N3O2S/c26-21(20-15-24-22(28-20)19-4-2-1-3-5-19)23-14-17-6-8-18(9-7-17)16-25-10-12-27-13-11-25/h1-9,15H,10-14,16H2,(H,23,26). The molecule has 0 bridgehead atoms. The summed E-state index contributed by atoms with van der Waals surface area (Å²) in [7, 11) is 0.